The van der Waals surface area contributed by atoms with Crippen molar-refractivity contribution in [3.63, 3.8) is 0 Å². The first kappa shape index (κ1) is 32.6. The highest BCUT2D eigenvalue weighted by Crippen LogP contribution is 2.26. The standard InChI is InChI=1S/C35H39ClN6O4/c1-5-6-17-37-33-32-30(20-38-42(34(32)43)23-27-12-7-26(19-36)18-31(27)46-4)39-35(40-33)41(21-24-8-13-28(44-2)14-9-24)22-25-10-15-29(45-3)16-11-25/h7-16,18,20H,5-6,17,19,21-23H2,1-4H3,(H,37,39,40). The molecule has 1 N–H and O–H groups in total. The number of unbranched alkanes of at least 4 members (excludes halogenated alkanes) is 1. The van der Waals surface area contributed by atoms with E-state index in [1.165, 1.54) is 4.68 Å². The number of halogens is 1. The van der Waals surface area contributed by atoms with E-state index in [0.29, 0.717) is 53.9 Å². The molecular formula is C35H39ClN6O4. The molecule has 11 heteroatoms. The van der Waals surface area contributed by atoms with Crippen LogP contribution in [-0.2, 0) is 25.5 Å². The largest absolute Gasteiger partial charge is 0.497 e. The first-order valence-corrected chi connectivity index (χ1v) is 15.7. The summed E-state index contributed by atoms with van der Waals surface area (Å²) < 4.78 is 17.7. The maximum absolute atomic E-state index is 14.0. The highest BCUT2D eigenvalue weighted by molar-refractivity contribution is 6.17. The zero-order valence-electron chi connectivity index (χ0n) is 26.6. The quantitative estimate of drug-likeness (QED) is 0.102. The predicted octanol–water partition coefficient (Wildman–Crippen LogP) is 6.42. The maximum Gasteiger partial charge on any atom is 0.280 e. The molecule has 0 saturated heterocycles. The van der Waals surface area contributed by atoms with Crippen LogP contribution in [0.3, 0.4) is 0 Å². The van der Waals surface area contributed by atoms with Crippen molar-refractivity contribution in [2.75, 3.05) is 38.1 Å². The smallest absolute Gasteiger partial charge is 0.280 e. The van der Waals surface area contributed by atoms with E-state index in [0.717, 1.165) is 46.6 Å². The van der Waals surface area contributed by atoms with Gasteiger partial charge in [0.15, 0.2) is 0 Å². The van der Waals surface area contributed by atoms with Gasteiger partial charge in [-0.05, 0) is 53.4 Å². The normalized spacial score (nSPS) is 11.0. The molecule has 0 bridgehead atoms. The van der Waals surface area contributed by atoms with E-state index in [1.54, 1.807) is 27.5 Å². The summed E-state index contributed by atoms with van der Waals surface area (Å²) in [6.07, 6.45) is 3.55. The maximum atomic E-state index is 14.0. The molecule has 10 nitrogen and oxygen atoms in total. The number of rotatable bonds is 15. The molecule has 0 aliphatic rings. The second-order valence-electron chi connectivity index (χ2n) is 10.9. The molecule has 0 radical (unpaired) electrons. The van der Waals surface area contributed by atoms with Crippen molar-refractivity contribution in [2.24, 2.45) is 0 Å². The Bertz CT molecular complexity index is 1760. The number of methoxy groups -OCH3 is 3. The third-order valence-corrected chi connectivity index (χ3v) is 8.00. The fourth-order valence-electron chi connectivity index (χ4n) is 5.11. The Kier molecular flexibility index (Phi) is 10.9. The Labute approximate surface area is 273 Å². The summed E-state index contributed by atoms with van der Waals surface area (Å²) in [7, 11) is 4.90. The van der Waals surface area contributed by atoms with E-state index < -0.39 is 0 Å². The molecule has 0 spiro atoms. The molecule has 46 heavy (non-hydrogen) atoms. The summed E-state index contributed by atoms with van der Waals surface area (Å²) in [5.74, 6) is 3.54. The van der Waals surface area contributed by atoms with Crippen LogP contribution in [-0.4, -0.2) is 47.6 Å². The van der Waals surface area contributed by atoms with Crippen LogP contribution in [0.15, 0.2) is 77.7 Å². The van der Waals surface area contributed by atoms with Gasteiger partial charge in [0.25, 0.3) is 5.56 Å². The Morgan fingerprint density at radius 1 is 0.848 bits per heavy atom. The van der Waals surface area contributed by atoms with E-state index in [-0.39, 0.29) is 12.1 Å². The van der Waals surface area contributed by atoms with E-state index in [2.05, 4.69) is 22.2 Å². The molecule has 0 aliphatic heterocycles. The van der Waals surface area contributed by atoms with Crippen molar-refractivity contribution in [1.29, 1.82) is 0 Å². The third-order valence-electron chi connectivity index (χ3n) is 7.69. The number of ether oxygens (including phenoxy) is 3. The van der Waals surface area contributed by atoms with Gasteiger partial charge in [-0.3, -0.25) is 4.79 Å². The third kappa shape index (κ3) is 7.69. The summed E-state index contributed by atoms with van der Waals surface area (Å²) in [5.41, 5.74) is 4.03. The van der Waals surface area contributed by atoms with Crippen LogP contribution in [0, 0.1) is 0 Å². The Morgan fingerprint density at radius 2 is 1.48 bits per heavy atom. The number of hydrogen-bond donors (Lipinski definition) is 1. The van der Waals surface area contributed by atoms with E-state index >= 15 is 0 Å². The molecule has 0 atom stereocenters. The van der Waals surface area contributed by atoms with Gasteiger partial charge in [0, 0.05) is 31.1 Å². The summed E-state index contributed by atoms with van der Waals surface area (Å²) in [4.78, 5) is 25.9. The molecule has 5 aromatic rings. The number of nitrogens with zero attached hydrogens (tertiary/aromatic N) is 5. The van der Waals surface area contributed by atoms with E-state index in [1.807, 2.05) is 66.7 Å². The van der Waals surface area contributed by atoms with Crippen molar-refractivity contribution < 1.29 is 14.2 Å². The monoisotopic (exact) mass is 642 g/mol. The number of benzene rings is 3. The summed E-state index contributed by atoms with van der Waals surface area (Å²) in [6.45, 7) is 4.06. The van der Waals surface area contributed by atoms with Crippen LogP contribution in [0.25, 0.3) is 10.9 Å². The number of nitrogens with one attached hydrogen (secondary N) is 1. The van der Waals surface area contributed by atoms with E-state index in [4.69, 9.17) is 35.8 Å². The summed E-state index contributed by atoms with van der Waals surface area (Å²) in [6, 6.07) is 21.5. The second-order valence-corrected chi connectivity index (χ2v) is 11.1. The van der Waals surface area contributed by atoms with Crippen LogP contribution < -0.4 is 30.0 Å². The highest BCUT2D eigenvalue weighted by atomic mass is 35.5. The fourth-order valence-corrected chi connectivity index (χ4v) is 5.27. The molecule has 3 aromatic carbocycles. The minimum Gasteiger partial charge on any atom is -0.497 e. The van der Waals surface area contributed by atoms with Crippen LogP contribution in [0.4, 0.5) is 11.8 Å². The molecular weight excluding hydrogens is 604 g/mol. The molecule has 0 unspecified atom stereocenters. The molecule has 0 aliphatic carbocycles. The van der Waals surface area contributed by atoms with E-state index in [9.17, 15) is 4.79 Å². The fraction of sp³-hybridized carbons (Fsp3) is 0.314. The van der Waals surface area contributed by atoms with Crippen molar-refractivity contribution in [3.8, 4) is 17.2 Å². The Morgan fingerprint density at radius 3 is 2.04 bits per heavy atom. The average Bonchev–Trinajstić information content (AvgIpc) is 3.09. The topological polar surface area (TPSA) is 104 Å². The molecule has 240 valence electrons. The van der Waals surface area contributed by atoms with Crippen molar-refractivity contribution in [3.05, 3.63) is 106 Å². The molecule has 5 rings (SSSR count). The van der Waals surface area contributed by atoms with Gasteiger partial charge in [0.05, 0.1) is 34.1 Å². The van der Waals surface area contributed by atoms with Crippen molar-refractivity contribution >= 4 is 34.3 Å². The lowest BCUT2D eigenvalue weighted by atomic mass is 10.1. The van der Waals surface area contributed by atoms with Crippen LogP contribution in [0.1, 0.15) is 42.0 Å². The minimum atomic E-state index is -0.289. The lowest BCUT2D eigenvalue weighted by Crippen LogP contribution is -2.28. The van der Waals surface area contributed by atoms with Gasteiger partial charge in [0.1, 0.15) is 34.0 Å². The number of fused-ring (bicyclic) bond motifs is 1. The first-order valence-electron chi connectivity index (χ1n) is 15.2. The highest BCUT2D eigenvalue weighted by Gasteiger charge is 2.19. The van der Waals surface area contributed by atoms with Gasteiger partial charge in [-0.15, -0.1) is 11.6 Å². The van der Waals surface area contributed by atoms with Gasteiger partial charge in [-0.2, -0.15) is 10.1 Å². The lowest BCUT2D eigenvalue weighted by Gasteiger charge is -2.24. The summed E-state index contributed by atoms with van der Waals surface area (Å²) in [5, 5.41) is 8.33. The SMILES string of the molecule is CCCCNc1nc(N(Cc2ccc(OC)cc2)Cc2ccc(OC)cc2)nc2cnn(Cc3ccc(CCl)cc3OC)c(=O)c12. The minimum absolute atomic E-state index is 0.220. The molecule has 2 heterocycles. The molecule has 0 amide bonds. The van der Waals surface area contributed by atoms with Crippen LogP contribution >= 0.6 is 11.6 Å². The first-order chi connectivity index (χ1) is 22.5. The van der Waals surface area contributed by atoms with Crippen LogP contribution in [0.2, 0.25) is 0 Å². The second kappa shape index (κ2) is 15.4. The lowest BCUT2D eigenvalue weighted by molar-refractivity contribution is 0.406. The van der Waals surface area contributed by atoms with Gasteiger partial charge < -0.3 is 24.4 Å². The van der Waals surface area contributed by atoms with Gasteiger partial charge in [-0.1, -0.05) is 49.7 Å². The van der Waals surface area contributed by atoms with Crippen molar-refractivity contribution in [2.45, 2.75) is 45.3 Å². The van der Waals surface area contributed by atoms with Gasteiger partial charge in [-0.25, -0.2) is 9.67 Å². The van der Waals surface area contributed by atoms with Crippen molar-refractivity contribution in [1.82, 2.24) is 19.7 Å². The van der Waals surface area contributed by atoms with Gasteiger partial charge >= 0.3 is 0 Å². The predicted molar refractivity (Wildman–Crippen MR) is 183 cm³/mol. The zero-order chi connectivity index (χ0) is 32.5. The molecule has 0 fully saturated rings. The number of aromatic nitrogens is 4. The number of alkyl halides is 1. The Balaban J connectivity index is 1.57. The molecule has 0 saturated carbocycles. The van der Waals surface area contributed by atoms with Crippen LogP contribution in [0.5, 0.6) is 17.2 Å². The summed E-state index contributed by atoms with van der Waals surface area (Å²) >= 11 is 6.02. The number of hydrogen-bond acceptors (Lipinski definition) is 9. The Hall–Kier alpha value is -4.83. The van der Waals surface area contributed by atoms with Gasteiger partial charge in [0.2, 0.25) is 5.95 Å². The zero-order valence-corrected chi connectivity index (χ0v) is 27.4. The average molecular weight is 643 g/mol. The number of anilines is 2. The molecule has 2 aromatic heterocycles.